The number of aromatic amines is 1. The Bertz CT molecular complexity index is 864. The van der Waals surface area contributed by atoms with Crippen LogP contribution in [0, 0.1) is 0 Å². The van der Waals surface area contributed by atoms with Gasteiger partial charge in [0.2, 0.25) is 0 Å². The van der Waals surface area contributed by atoms with Crippen molar-refractivity contribution in [3.63, 3.8) is 0 Å². The van der Waals surface area contributed by atoms with Gasteiger partial charge >= 0.3 is 0 Å². The number of hydrogen-bond donors (Lipinski definition) is 1. The van der Waals surface area contributed by atoms with E-state index >= 15 is 0 Å². The Morgan fingerprint density at radius 2 is 1.95 bits per heavy atom. The van der Waals surface area contributed by atoms with E-state index in [0.717, 1.165) is 29.0 Å². The molecule has 0 amide bonds. The molecular formula is C17H13N3S. The summed E-state index contributed by atoms with van der Waals surface area (Å²) in [6, 6.07) is 16.6. The predicted octanol–water partition coefficient (Wildman–Crippen LogP) is 4.28. The highest BCUT2D eigenvalue weighted by Crippen LogP contribution is 2.26. The first-order chi connectivity index (χ1) is 10.4. The third-order valence-corrected chi connectivity index (χ3v) is 4.32. The molecule has 0 aliphatic carbocycles. The van der Waals surface area contributed by atoms with Crippen molar-refractivity contribution in [3.8, 4) is 10.4 Å². The molecule has 0 aliphatic rings. The van der Waals surface area contributed by atoms with E-state index in [4.69, 9.17) is 0 Å². The number of nitrogens with zero attached hydrogens (tertiary/aromatic N) is 2. The number of rotatable bonds is 3. The number of pyridine rings is 1. The SMILES string of the molecule is c1ccc(Cc2nc3cc(-c4cccs4)cnc3[nH]2)cc1. The highest BCUT2D eigenvalue weighted by molar-refractivity contribution is 7.13. The first-order valence-corrected chi connectivity index (χ1v) is 7.69. The molecule has 0 radical (unpaired) electrons. The molecule has 3 nitrogen and oxygen atoms in total. The van der Waals surface area contributed by atoms with Gasteiger partial charge in [-0.2, -0.15) is 0 Å². The maximum absolute atomic E-state index is 4.67. The van der Waals surface area contributed by atoms with E-state index in [1.54, 1.807) is 11.3 Å². The summed E-state index contributed by atoms with van der Waals surface area (Å²) < 4.78 is 0. The summed E-state index contributed by atoms with van der Waals surface area (Å²) >= 11 is 1.72. The highest BCUT2D eigenvalue weighted by atomic mass is 32.1. The van der Waals surface area contributed by atoms with E-state index in [1.165, 1.54) is 10.4 Å². The molecule has 3 heterocycles. The van der Waals surface area contributed by atoms with E-state index in [0.29, 0.717) is 0 Å². The molecule has 1 aromatic carbocycles. The zero-order chi connectivity index (χ0) is 14.1. The molecule has 1 N–H and O–H groups in total. The van der Waals surface area contributed by atoms with Gasteiger partial charge in [-0.05, 0) is 23.1 Å². The maximum Gasteiger partial charge on any atom is 0.157 e. The largest absolute Gasteiger partial charge is 0.326 e. The quantitative estimate of drug-likeness (QED) is 0.612. The second-order valence-electron chi connectivity index (χ2n) is 4.91. The maximum atomic E-state index is 4.67. The van der Waals surface area contributed by atoms with E-state index < -0.39 is 0 Å². The van der Waals surface area contributed by atoms with Gasteiger partial charge in [0, 0.05) is 23.1 Å². The normalized spacial score (nSPS) is 11.0. The van der Waals surface area contributed by atoms with Crippen LogP contribution in [0.4, 0.5) is 0 Å². The molecule has 4 rings (SSSR count). The number of aromatic nitrogens is 3. The van der Waals surface area contributed by atoms with Crippen molar-refractivity contribution in [2.24, 2.45) is 0 Å². The van der Waals surface area contributed by atoms with Gasteiger partial charge in [0.1, 0.15) is 11.3 Å². The number of imidazole rings is 1. The van der Waals surface area contributed by atoms with Gasteiger partial charge in [-0.3, -0.25) is 0 Å². The van der Waals surface area contributed by atoms with E-state index in [2.05, 4.69) is 50.7 Å². The summed E-state index contributed by atoms with van der Waals surface area (Å²) in [6.07, 6.45) is 2.70. The molecule has 4 aromatic rings. The van der Waals surface area contributed by atoms with Crippen LogP contribution in [0.3, 0.4) is 0 Å². The summed E-state index contributed by atoms with van der Waals surface area (Å²) in [5.41, 5.74) is 4.14. The molecule has 0 fully saturated rings. The van der Waals surface area contributed by atoms with Crippen molar-refractivity contribution in [2.75, 3.05) is 0 Å². The van der Waals surface area contributed by atoms with E-state index in [1.807, 2.05) is 24.4 Å². The fraction of sp³-hybridized carbons (Fsp3) is 0.0588. The minimum atomic E-state index is 0.797. The van der Waals surface area contributed by atoms with Crippen LogP contribution in [0.15, 0.2) is 60.1 Å². The zero-order valence-corrected chi connectivity index (χ0v) is 12.1. The predicted molar refractivity (Wildman–Crippen MR) is 86.4 cm³/mol. The van der Waals surface area contributed by atoms with Crippen LogP contribution in [-0.2, 0) is 6.42 Å². The average molecular weight is 291 g/mol. The Morgan fingerprint density at radius 1 is 1.05 bits per heavy atom. The number of benzene rings is 1. The summed E-state index contributed by atoms with van der Waals surface area (Å²) in [6.45, 7) is 0. The fourth-order valence-corrected chi connectivity index (χ4v) is 3.10. The fourth-order valence-electron chi connectivity index (χ4n) is 2.40. The molecular weight excluding hydrogens is 278 g/mol. The Kier molecular flexibility index (Phi) is 3.01. The van der Waals surface area contributed by atoms with Crippen molar-refractivity contribution in [2.45, 2.75) is 6.42 Å². The molecule has 102 valence electrons. The lowest BCUT2D eigenvalue weighted by Gasteiger charge is -1.95. The van der Waals surface area contributed by atoms with Gasteiger partial charge in [-0.25, -0.2) is 9.97 Å². The van der Waals surface area contributed by atoms with Crippen LogP contribution >= 0.6 is 11.3 Å². The molecule has 0 aliphatic heterocycles. The van der Waals surface area contributed by atoms with E-state index in [-0.39, 0.29) is 0 Å². The lowest BCUT2D eigenvalue weighted by atomic mass is 10.1. The van der Waals surface area contributed by atoms with Crippen molar-refractivity contribution < 1.29 is 0 Å². The lowest BCUT2D eigenvalue weighted by Crippen LogP contribution is -1.89. The van der Waals surface area contributed by atoms with Gasteiger partial charge in [0.15, 0.2) is 5.65 Å². The van der Waals surface area contributed by atoms with Gasteiger partial charge in [0.05, 0.1) is 0 Å². The summed E-state index contributed by atoms with van der Waals surface area (Å²) in [4.78, 5) is 13.7. The highest BCUT2D eigenvalue weighted by Gasteiger charge is 2.07. The molecule has 21 heavy (non-hydrogen) atoms. The molecule has 3 aromatic heterocycles. The third-order valence-electron chi connectivity index (χ3n) is 3.41. The molecule has 0 spiro atoms. The second-order valence-corrected chi connectivity index (χ2v) is 5.86. The molecule has 0 saturated heterocycles. The van der Waals surface area contributed by atoms with Gasteiger partial charge in [-0.1, -0.05) is 36.4 Å². The van der Waals surface area contributed by atoms with Crippen molar-refractivity contribution in [1.29, 1.82) is 0 Å². The van der Waals surface area contributed by atoms with Gasteiger partial charge in [0.25, 0.3) is 0 Å². The molecule has 0 atom stereocenters. The van der Waals surface area contributed by atoms with Crippen molar-refractivity contribution in [1.82, 2.24) is 15.0 Å². The van der Waals surface area contributed by atoms with Crippen molar-refractivity contribution in [3.05, 3.63) is 71.5 Å². The Labute approximate surface area is 126 Å². The average Bonchev–Trinajstić information content (AvgIpc) is 3.16. The molecule has 0 saturated carbocycles. The topological polar surface area (TPSA) is 41.6 Å². The van der Waals surface area contributed by atoms with Crippen LogP contribution in [-0.4, -0.2) is 15.0 Å². The van der Waals surface area contributed by atoms with Crippen LogP contribution in [0.25, 0.3) is 21.6 Å². The Morgan fingerprint density at radius 3 is 2.76 bits per heavy atom. The minimum absolute atomic E-state index is 0.797. The van der Waals surface area contributed by atoms with Crippen LogP contribution in [0.1, 0.15) is 11.4 Å². The van der Waals surface area contributed by atoms with Gasteiger partial charge < -0.3 is 4.98 Å². The first-order valence-electron chi connectivity index (χ1n) is 6.81. The summed E-state index contributed by atoms with van der Waals surface area (Å²) in [7, 11) is 0. The minimum Gasteiger partial charge on any atom is -0.326 e. The van der Waals surface area contributed by atoms with Crippen LogP contribution in [0.2, 0.25) is 0 Å². The smallest absolute Gasteiger partial charge is 0.157 e. The second kappa shape index (κ2) is 5.14. The standard InChI is InChI=1S/C17H13N3S/c1-2-5-12(6-3-1)9-16-19-14-10-13(11-18-17(14)20-16)15-7-4-8-21-15/h1-8,10-11H,9H2,(H,18,19,20). The summed E-state index contributed by atoms with van der Waals surface area (Å²) in [5, 5.41) is 2.07. The molecule has 0 unspecified atom stereocenters. The Balaban J connectivity index is 1.70. The monoisotopic (exact) mass is 291 g/mol. The van der Waals surface area contributed by atoms with E-state index in [9.17, 15) is 0 Å². The van der Waals surface area contributed by atoms with Crippen LogP contribution in [0.5, 0.6) is 0 Å². The number of hydrogen-bond acceptors (Lipinski definition) is 3. The Hall–Kier alpha value is -2.46. The number of thiophene rings is 1. The van der Waals surface area contributed by atoms with Crippen LogP contribution < -0.4 is 0 Å². The third kappa shape index (κ3) is 2.45. The number of H-pyrrole nitrogens is 1. The van der Waals surface area contributed by atoms with Crippen molar-refractivity contribution >= 4 is 22.5 Å². The summed E-state index contributed by atoms with van der Waals surface area (Å²) in [5.74, 6) is 0.951. The first kappa shape index (κ1) is 12.3. The van der Waals surface area contributed by atoms with Gasteiger partial charge in [-0.15, -0.1) is 11.3 Å². The molecule has 4 heteroatoms. The number of fused-ring (bicyclic) bond motifs is 1. The number of nitrogens with one attached hydrogen (secondary N) is 1. The lowest BCUT2D eigenvalue weighted by molar-refractivity contribution is 1.03. The molecule has 0 bridgehead atoms. The zero-order valence-electron chi connectivity index (χ0n) is 11.3.